The van der Waals surface area contributed by atoms with Crippen molar-refractivity contribution < 1.29 is 0 Å². The molecule has 2 N–H and O–H groups in total. The molecule has 0 amide bonds. The van der Waals surface area contributed by atoms with Gasteiger partial charge in [0, 0.05) is 43.8 Å². The molecule has 1 aliphatic heterocycles. The SMILES string of the molecule is CC(N)CC(C)N1CCN(C(C)(C)C)CC1. The molecule has 1 saturated heterocycles. The van der Waals surface area contributed by atoms with Crippen molar-refractivity contribution in [1.82, 2.24) is 9.80 Å². The second kappa shape index (κ2) is 5.48. The van der Waals surface area contributed by atoms with E-state index in [-0.39, 0.29) is 0 Å². The quantitative estimate of drug-likeness (QED) is 0.793. The highest BCUT2D eigenvalue weighted by Gasteiger charge is 2.27. The zero-order valence-corrected chi connectivity index (χ0v) is 11.7. The summed E-state index contributed by atoms with van der Waals surface area (Å²) in [4.78, 5) is 5.15. The summed E-state index contributed by atoms with van der Waals surface area (Å²) in [6.45, 7) is 16.0. The van der Waals surface area contributed by atoms with Gasteiger partial charge in [-0.1, -0.05) is 0 Å². The monoisotopic (exact) mass is 227 g/mol. The van der Waals surface area contributed by atoms with E-state index in [0.717, 1.165) is 6.42 Å². The average Bonchev–Trinajstić information content (AvgIpc) is 2.15. The minimum absolute atomic E-state index is 0.315. The third-order valence-corrected chi connectivity index (χ3v) is 3.60. The summed E-state index contributed by atoms with van der Waals surface area (Å²) >= 11 is 0. The topological polar surface area (TPSA) is 32.5 Å². The Bertz CT molecular complexity index is 200. The Morgan fingerprint density at radius 2 is 1.56 bits per heavy atom. The molecule has 1 fully saturated rings. The molecule has 3 heteroatoms. The van der Waals surface area contributed by atoms with E-state index in [1.165, 1.54) is 26.2 Å². The van der Waals surface area contributed by atoms with Gasteiger partial charge < -0.3 is 5.73 Å². The van der Waals surface area contributed by atoms with Crippen LogP contribution in [0.5, 0.6) is 0 Å². The van der Waals surface area contributed by atoms with Gasteiger partial charge in [-0.2, -0.15) is 0 Å². The van der Waals surface area contributed by atoms with E-state index in [0.29, 0.717) is 17.6 Å². The van der Waals surface area contributed by atoms with Crippen molar-refractivity contribution in [3.8, 4) is 0 Å². The maximum atomic E-state index is 5.86. The van der Waals surface area contributed by atoms with Crippen LogP contribution in [0.2, 0.25) is 0 Å². The van der Waals surface area contributed by atoms with E-state index in [1.54, 1.807) is 0 Å². The number of piperazine rings is 1. The van der Waals surface area contributed by atoms with Gasteiger partial charge >= 0.3 is 0 Å². The summed E-state index contributed by atoms with van der Waals surface area (Å²) in [7, 11) is 0. The minimum Gasteiger partial charge on any atom is -0.328 e. The van der Waals surface area contributed by atoms with Crippen molar-refractivity contribution in [2.75, 3.05) is 26.2 Å². The lowest BCUT2D eigenvalue weighted by Crippen LogP contribution is -2.55. The van der Waals surface area contributed by atoms with E-state index in [4.69, 9.17) is 5.73 Å². The molecule has 1 rings (SSSR count). The molecule has 0 aromatic heterocycles. The predicted molar refractivity (Wildman–Crippen MR) is 70.6 cm³/mol. The Kier molecular flexibility index (Phi) is 4.77. The summed E-state index contributed by atoms with van der Waals surface area (Å²) in [5, 5.41) is 0. The van der Waals surface area contributed by atoms with Crippen molar-refractivity contribution in [2.45, 2.75) is 58.7 Å². The molecule has 96 valence electrons. The van der Waals surface area contributed by atoms with Gasteiger partial charge in [-0.25, -0.2) is 0 Å². The van der Waals surface area contributed by atoms with Crippen LogP contribution in [-0.4, -0.2) is 53.6 Å². The van der Waals surface area contributed by atoms with Crippen LogP contribution >= 0.6 is 0 Å². The number of hydrogen-bond acceptors (Lipinski definition) is 3. The Morgan fingerprint density at radius 3 is 1.94 bits per heavy atom. The lowest BCUT2D eigenvalue weighted by Gasteiger charge is -2.44. The number of hydrogen-bond donors (Lipinski definition) is 1. The van der Waals surface area contributed by atoms with Crippen LogP contribution in [0.3, 0.4) is 0 Å². The molecule has 0 aromatic rings. The van der Waals surface area contributed by atoms with E-state index in [1.807, 2.05) is 0 Å². The molecule has 1 aliphatic rings. The predicted octanol–water partition coefficient (Wildman–Crippen LogP) is 1.53. The largest absolute Gasteiger partial charge is 0.328 e. The Labute approximate surface area is 101 Å². The van der Waals surface area contributed by atoms with Crippen LogP contribution in [0, 0.1) is 0 Å². The van der Waals surface area contributed by atoms with Crippen LogP contribution in [-0.2, 0) is 0 Å². The maximum Gasteiger partial charge on any atom is 0.0126 e. The molecule has 0 bridgehead atoms. The van der Waals surface area contributed by atoms with E-state index in [9.17, 15) is 0 Å². The molecule has 3 nitrogen and oxygen atoms in total. The van der Waals surface area contributed by atoms with Gasteiger partial charge in [0.25, 0.3) is 0 Å². The highest BCUT2D eigenvalue weighted by molar-refractivity contribution is 4.84. The van der Waals surface area contributed by atoms with Gasteiger partial charge in [-0.05, 0) is 41.0 Å². The first-order valence-electron chi connectivity index (χ1n) is 6.55. The van der Waals surface area contributed by atoms with Gasteiger partial charge in [-0.15, -0.1) is 0 Å². The maximum absolute atomic E-state index is 5.86. The first kappa shape index (κ1) is 13.9. The lowest BCUT2D eigenvalue weighted by atomic mass is 10.0. The fourth-order valence-corrected chi connectivity index (χ4v) is 2.52. The normalized spacial score (nSPS) is 24.4. The molecule has 2 unspecified atom stereocenters. The zero-order chi connectivity index (χ0) is 12.3. The smallest absolute Gasteiger partial charge is 0.0126 e. The van der Waals surface area contributed by atoms with Crippen LogP contribution in [0.4, 0.5) is 0 Å². The van der Waals surface area contributed by atoms with Gasteiger partial charge in [0.15, 0.2) is 0 Å². The van der Waals surface area contributed by atoms with E-state index < -0.39 is 0 Å². The molecule has 0 saturated carbocycles. The summed E-state index contributed by atoms with van der Waals surface area (Å²) in [5.74, 6) is 0. The van der Waals surface area contributed by atoms with E-state index >= 15 is 0 Å². The third-order valence-electron chi connectivity index (χ3n) is 3.60. The standard InChI is InChI=1S/C13H29N3/c1-11(14)10-12(2)15-6-8-16(9-7-15)13(3,4)5/h11-12H,6-10,14H2,1-5H3. The van der Waals surface area contributed by atoms with E-state index in [2.05, 4.69) is 44.4 Å². The van der Waals surface area contributed by atoms with Crippen LogP contribution in [0.15, 0.2) is 0 Å². The summed E-state index contributed by atoms with van der Waals surface area (Å²) < 4.78 is 0. The van der Waals surface area contributed by atoms with Crippen molar-refractivity contribution in [3.05, 3.63) is 0 Å². The van der Waals surface area contributed by atoms with Gasteiger partial charge in [-0.3, -0.25) is 9.80 Å². The zero-order valence-electron chi connectivity index (χ0n) is 11.7. The minimum atomic E-state index is 0.315. The van der Waals surface area contributed by atoms with Crippen molar-refractivity contribution >= 4 is 0 Å². The highest BCUT2D eigenvalue weighted by Crippen LogP contribution is 2.17. The molecular weight excluding hydrogens is 198 g/mol. The van der Waals surface area contributed by atoms with Gasteiger partial charge in [0.2, 0.25) is 0 Å². The molecule has 0 aromatic carbocycles. The molecule has 16 heavy (non-hydrogen) atoms. The Hall–Kier alpha value is -0.120. The molecular formula is C13H29N3. The second-order valence-corrected chi connectivity index (χ2v) is 6.26. The lowest BCUT2D eigenvalue weighted by molar-refractivity contribution is 0.0429. The first-order valence-corrected chi connectivity index (χ1v) is 6.55. The number of rotatable bonds is 3. The molecule has 0 radical (unpaired) electrons. The van der Waals surface area contributed by atoms with Crippen molar-refractivity contribution in [2.24, 2.45) is 5.73 Å². The number of nitrogens with two attached hydrogens (primary N) is 1. The highest BCUT2D eigenvalue weighted by atomic mass is 15.3. The van der Waals surface area contributed by atoms with Gasteiger partial charge in [0.1, 0.15) is 0 Å². The summed E-state index contributed by atoms with van der Waals surface area (Å²) in [6.07, 6.45) is 1.11. The molecule has 1 heterocycles. The Morgan fingerprint density at radius 1 is 1.06 bits per heavy atom. The van der Waals surface area contributed by atoms with Gasteiger partial charge in [0.05, 0.1) is 0 Å². The van der Waals surface area contributed by atoms with Crippen molar-refractivity contribution in [3.63, 3.8) is 0 Å². The average molecular weight is 227 g/mol. The molecule has 2 atom stereocenters. The number of nitrogens with zero attached hydrogens (tertiary/aromatic N) is 2. The van der Waals surface area contributed by atoms with Crippen LogP contribution < -0.4 is 5.73 Å². The summed E-state index contributed by atoms with van der Waals surface area (Å²) in [6, 6.07) is 0.942. The van der Waals surface area contributed by atoms with Crippen LogP contribution in [0.1, 0.15) is 41.0 Å². The fraction of sp³-hybridized carbons (Fsp3) is 1.00. The molecule has 0 spiro atoms. The third kappa shape index (κ3) is 4.04. The van der Waals surface area contributed by atoms with Crippen molar-refractivity contribution in [1.29, 1.82) is 0 Å². The molecule has 0 aliphatic carbocycles. The summed E-state index contributed by atoms with van der Waals surface area (Å²) in [5.41, 5.74) is 6.18. The first-order chi connectivity index (χ1) is 7.30. The fourth-order valence-electron chi connectivity index (χ4n) is 2.52. The van der Waals surface area contributed by atoms with Crippen LogP contribution in [0.25, 0.3) is 0 Å². The second-order valence-electron chi connectivity index (χ2n) is 6.26. The Balaban J connectivity index is 2.37.